The highest BCUT2D eigenvalue weighted by molar-refractivity contribution is 7.17. The molecule has 1 aliphatic heterocycles. The summed E-state index contributed by atoms with van der Waals surface area (Å²) in [5.41, 5.74) is 2.49. The van der Waals surface area contributed by atoms with Crippen LogP contribution in [0.2, 0.25) is 0 Å². The van der Waals surface area contributed by atoms with Gasteiger partial charge in [-0.3, -0.25) is 4.79 Å². The summed E-state index contributed by atoms with van der Waals surface area (Å²) >= 11 is 1.41. The smallest absolute Gasteiger partial charge is 0.339 e. The van der Waals surface area contributed by atoms with E-state index in [2.05, 4.69) is 43.6 Å². The highest BCUT2D eigenvalue weighted by Gasteiger charge is 2.42. The highest BCUT2D eigenvalue weighted by Crippen LogP contribution is 2.52. The molecule has 30 heavy (non-hydrogen) atoms. The van der Waals surface area contributed by atoms with E-state index in [1.165, 1.54) is 11.3 Å². The van der Waals surface area contributed by atoms with Crippen LogP contribution >= 0.6 is 11.3 Å². The molecule has 1 aromatic carbocycles. The first-order chi connectivity index (χ1) is 14.1. The molecule has 7 heteroatoms. The van der Waals surface area contributed by atoms with Gasteiger partial charge in [0.1, 0.15) is 5.00 Å². The standard InChI is InChI=1S/C23H29N3O3S/c1-22(2)9-16-17(21(28)29)20(30-18(16)23(3,4)12-22)26-19(27)13-5-7-14(8-6-13)25-15-10-24-11-15/h5-8,15,24-25H,9-12H2,1-4H3,(H,26,27)(H,28,29). The minimum absolute atomic E-state index is 0.0157. The van der Waals surface area contributed by atoms with Gasteiger partial charge in [0.05, 0.1) is 11.6 Å². The zero-order chi connectivity index (χ0) is 21.7. The summed E-state index contributed by atoms with van der Waals surface area (Å²) < 4.78 is 0. The van der Waals surface area contributed by atoms with E-state index < -0.39 is 5.97 Å². The van der Waals surface area contributed by atoms with Gasteiger partial charge >= 0.3 is 5.97 Å². The van der Waals surface area contributed by atoms with Gasteiger partial charge in [-0.2, -0.15) is 0 Å². The molecule has 1 aliphatic carbocycles. The van der Waals surface area contributed by atoms with Gasteiger partial charge < -0.3 is 21.1 Å². The number of hydrogen-bond donors (Lipinski definition) is 4. The van der Waals surface area contributed by atoms with Crippen molar-refractivity contribution >= 4 is 33.9 Å². The van der Waals surface area contributed by atoms with E-state index in [1.807, 2.05) is 12.1 Å². The molecule has 4 rings (SSSR count). The normalized spacial score (nSPS) is 19.5. The van der Waals surface area contributed by atoms with E-state index in [0.717, 1.165) is 35.6 Å². The summed E-state index contributed by atoms with van der Waals surface area (Å²) in [5, 5.41) is 19.9. The van der Waals surface area contributed by atoms with E-state index >= 15 is 0 Å². The number of amides is 1. The fraction of sp³-hybridized carbons (Fsp3) is 0.478. The van der Waals surface area contributed by atoms with E-state index in [0.29, 0.717) is 23.0 Å². The van der Waals surface area contributed by atoms with E-state index in [4.69, 9.17) is 0 Å². The molecule has 2 aromatic rings. The summed E-state index contributed by atoms with van der Waals surface area (Å²) in [5.74, 6) is -1.27. The number of carboxylic acid groups (broad SMARTS) is 1. The molecule has 2 heterocycles. The Morgan fingerprint density at radius 1 is 1.13 bits per heavy atom. The summed E-state index contributed by atoms with van der Waals surface area (Å²) in [6, 6.07) is 7.73. The lowest BCUT2D eigenvalue weighted by Crippen LogP contribution is -2.51. The Bertz CT molecular complexity index is 988. The van der Waals surface area contributed by atoms with Crippen molar-refractivity contribution in [1.82, 2.24) is 5.32 Å². The van der Waals surface area contributed by atoms with Gasteiger partial charge in [-0.15, -0.1) is 11.3 Å². The quantitative estimate of drug-likeness (QED) is 0.570. The van der Waals surface area contributed by atoms with E-state index in [1.54, 1.807) is 12.1 Å². The number of aromatic carboxylic acids is 1. The van der Waals surface area contributed by atoms with Crippen molar-refractivity contribution in [2.24, 2.45) is 5.41 Å². The van der Waals surface area contributed by atoms with Crippen molar-refractivity contribution in [3.63, 3.8) is 0 Å². The second kappa shape index (κ2) is 7.39. The predicted molar refractivity (Wildman–Crippen MR) is 121 cm³/mol. The molecule has 2 aliphatic rings. The van der Waals surface area contributed by atoms with Crippen LogP contribution in [0.1, 0.15) is 65.3 Å². The lowest BCUT2D eigenvalue weighted by Gasteiger charge is -2.40. The third-order valence-corrected chi connectivity index (χ3v) is 7.45. The maximum absolute atomic E-state index is 12.9. The molecule has 160 valence electrons. The number of rotatable bonds is 5. The highest BCUT2D eigenvalue weighted by atomic mass is 32.1. The maximum atomic E-state index is 12.9. The van der Waals surface area contributed by atoms with Crippen molar-refractivity contribution in [1.29, 1.82) is 0 Å². The van der Waals surface area contributed by atoms with Gasteiger partial charge in [-0.05, 0) is 53.5 Å². The molecule has 1 amide bonds. The van der Waals surface area contributed by atoms with Crippen LogP contribution in [0.5, 0.6) is 0 Å². The van der Waals surface area contributed by atoms with E-state index in [-0.39, 0.29) is 22.3 Å². The number of carboxylic acids is 1. The number of carbonyl (C=O) groups excluding carboxylic acids is 1. The third kappa shape index (κ3) is 3.96. The molecule has 0 unspecified atom stereocenters. The molecule has 6 nitrogen and oxygen atoms in total. The van der Waals surface area contributed by atoms with Gasteiger partial charge in [0.25, 0.3) is 5.91 Å². The Hall–Kier alpha value is -2.38. The topological polar surface area (TPSA) is 90.5 Å². The number of hydrogen-bond acceptors (Lipinski definition) is 5. The SMILES string of the molecule is CC1(C)Cc2c(sc(NC(=O)c3ccc(NC4CNC4)cc3)c2C(=O)O)C(C)(C)C1. The Morgan fingerprint density at radius 2 is 1.80 bits per heavy atom. The molecule has 0 spiro atoms. The van der Waals surface area contributed by atoms with Crippen LogP contribution in [0.4, 0.5) is 10.7 Å². The Kier molecular flexibility index (Phi) is 5.14. The molecule has 0 radical (unpaired) electrons. The van der Waals surface area contributed by atoms with Crippen LogP contribution in [0.25, 0.3) is 0 Å². The number of benzene rings is 1. The van der Waals surface area contributed by atoms with Crippen LogP contribution in [0.3, 0.4) is 0 Å². The first kappa shape index (κ1) is 20.9. The zero-order valence-corrected chi connectivity index (χ0v) is 18.7. The first-order valence-electron chi connectivity index (χ1n) is 10.3. The van der Waals surface area contributed by atoms with Crippen LogP contribution in [-0.2, 0) is 11.8 Å². The van der Waals surface area contributed by atoms with Crippen molar-refractivity contribution in [3.8, 4) is 0 Å². The number of anilines is 2. The van der Waals surface area contributed by atoms with Crippen LogP contribution in [-0.4, -0.2) is 36.1 Å². The van der Waals surface area contributed by atoms with Crippen molar-refractivity contribution in [2.45, 2.75) is 52.0 Å². The Labute approximate surface area is 181 Å². The third-order valence-electron chi connectivity index (χ3n) is 5.94. The molecule has 1 aromatic heterocycles. The Balaban J connectivity index is 1.59. The fourth-order valence-corrected chi connectivity index (χ4v) is 6.14. The molecular formula is C23H29N3O3S. The van der Waals surface area contributed by atoms with Gasteiger partial charge in [0.2, 0.25) is 0 Å². The van der Waals surface area contributed by atoms with Crippen LogP contribution < -0.4 is 16.0 Å². The first-order valence-corrected chi connectivity index (χ1v) is 11.2. The molecule has 0 saturated carbocycles. The van der Waals surface area contributed by atoms with E-state index in [9.17, 15) is 14.7 Å². The molecule has 0 bridgehead atoms. The second-order valence-electron chi connectivity index (χ2n) is 9.85. The van der Waals surface area contributed by atoms with Gasteiger partial charge in [-0.25, -0.2) is 4.79 Å². The minimum Gasteiger partial charge on any atom is -0.478 e. The van der Waals surface area contributed by atoms with Gasteiger partial charge in [0.15, 0.2) is 0 Å². The van der Waals surface area contributed by atoms with Gasteiger partial charge in [0, 0.05) is 29.2 Å². The molecule has 0 atom stereocenters. The molecule has 1 fully saturated rings. The largest absolute Gasteiger partial charge is 0.478 e. The average molecular weight is 428 g/mol. The summed E-state index contributed by atoms with van der Waals surface area (Å²) in [7, 11) is 0. The number of fused-ring (bicyclic) bond motifs is 1. The minimum atomic E-state index is -0.982. The maximum Gasteiger partial charge on any atom is 0.339 e. The fourth-order valence-electron chi connectivity index (χ4n) is 4.83. The average Bonchev–Trinajstić information content (AvgIpc) is 2.95. The molecular weight excluding hydrogens is 398 g/mol. The van der Waals surface area contributed by atoms with Crippen molar-refractivity contribution in [3.05, 3.63) is 45.8 Å². The second-order valence-corrected chi connectivity index (χ2v) is 10.9. The van der Waals surface area contributed by atoms with Crippen LogP contribution in [0, 0.1) is 5.41 Å². The van der Waals surface area contributed by atoms with Crippen molar-refractivity contribution in [2.75, 3.05) is 23.7 Å². The van der Waals surface area contributed by atoms with Gasteiger partial charge in [-0.1, -0.05) is 27.7 Å². The molecule has 4 N–H and O–H groups in total. The number of carbonyl (C=O) groups is 2. The molecule has 1 saturated heterocycles. The zero-order valence-electron chi connectivity index (χ0n) is 17.9. The lowest BCUT2D eigenvalue weighted by atomic mass is 9.65. The monoisotopic (exact) mass is 427 g/mol. The summed E-state index contributed by atoms with van der Waals surface area (Å²) in [4.78, 5) is 26.1. The Morgan fingerprint density at radius 3 is 2.37 bits per heavy atom. The summed E-state index contributed by atoms with van der Waals surface area (Å²) in [6.07, 6.45) is 1.68. The lowest BCUT2D eigenvalue weighted by molar-refractivity contribution is 0.0696. The summed E-state index contributed by atoms with van der Waals surface area (Å²) in [6.45, 7) is 10.5. The predicted octanol–water partition coefficient (Wildman–Crippen LogP) is 4.33. The van der Waals surface area contributed by atoms with Crippen molar-refractivity contribution < 1.29 is 14.7 Å². The van der Waals surface area contributed by atoms with Crippen LogP contribution in [0.15, 0.2) is 24.3 Å². The number of nitrogens with one attached hydrogen (secondary N) is 3. The number of thiophene rings is 1.